The third-order valence-corrected chi connectivity index (χ3v) is 12.8. The molecule has 0 saturated heterocycles. The molecule has 0 N–H and O–H groups in total. The highest BCUT2D eigenvalue weighted by atomic mass is 16.3. The Labute approximate surface area is 335 Å². The van der Waals surface area contributed by atoms with Crippen molar-refractivity contribution in [3.8, 4) is 27.9 Å². The largest absolute Gasteiger partial charge is 0.456 e. The summed E-state index contributed by atoms with van der Waals surface area (Å²) in [7, 11) is 0. The van der Waals surface area contributed by atoms with E-state index in [4.69, 9.17) is 4.42 Å². The van der Waals surface area contributed by atoms with Crippen molar-refractivity contribution in [1.29, 1.82) is 0 Å². The Hall–Kier alpha value is -7.62. The van der Waals surface area contributed by atoms with Gasteiger partial charge in [0.05, 0.1) is 27.8 Å². The lowest BCUT2D eigenvalue weighted by Gasteiger charge is -2.32. The van der Waals surface area contributed by atoms with Crippen molar-refractivity contribution in [3.05, 3.63) is 229 Å². The van der Waals surface area contributed by atoms with Gasteiger partial charge in [0.2, 0.25) is 0 Å². The average Bonchev–Trinajstić information content (AvgIpc) is 4.01. The van der Waals surface area contributed by atoms with Crippen LogP contribution in [0.4, 0.5) is 17.1 Å². The molecule has 0 unspecified atom stereocenters. The van der Waals surface area contributed by atoms with E-state index in [1.165, 1.54) is 60.8 Å². The van der Waals surface area contributed by atoms with Crippen molar-refractivity contribution in [3.63, 3.8) is 0 Å². The van der Waals surface area contributed by atoms with Crippen LogP contribution in [0.1, 0.15) is 22.3 Å². The Morgan fingerprint density at radius 2 is 0.966 bits per heavy atom. The van der Waals surface area contributed by atoms with Crippen molar-refractivity contribution in [1.82, 2.24) is 4.57 Å². The molecule has 0 aliphatic heterocycles. The zero-order chi connectivity index (χ0) is 38.0. The standard InChI is InChI=1S/C55H34N2O/c1-2-16-35(17-3-1)56-47-27-12-7-22-41(47)54-49(56)29-15-30-50(54)57(36-32-33-52-42(34-36)39-20-8-13-31-51(39)58-52)48-28-14-26-46-53(48)40-21-6-11-25-45(40)55(46)43-23-9-4-18-37(43)38-19-5-10-24-44(38)55/h1-34H. The number of anilines is 3. The molecule has 3 heteroatoms. The van der Waals surface area contributed by atoms with Gasteiger partial charge < -0.3 is 13.9 Å². The summed E-state index contributed by atoms with van der Waals surface area (Å²) in [6.07, 6.45) is 0. The predicted octanol–water partition coefficient (Wildman–Crippen LogP) is 14.5. The van der Waals surface area contributed by atoms with E-state index in [0.29, 0.717) is 0 Å². The van der Waals surface area contributed by atoms with Gasteiger partial charge in [0.1, 0.15) is 11.2 Å². The number of fused-ring (bicyclic) bond motifs is 16. The second kappa shape index (κ2) is 11.7. The second-order valence-electron chi connectivity index (χ2n) is 15.6. The molecule has 13 rings (SSSR count). The average molecular weight is 739 g/mol. The number of nitrogens with zero attached hydrogens (tertiary/aromatic N) is 2. The van der Waals surface area contributed by atoms with Gasteiger partial charge in [-0.3, -0.25) is 0 Å². The molecule has 2 heterocycles. The molecule has 58 heavy (non-hydrogen) atoms. The van der Waals surface area contributed by atoms with E-state index in [1.807, 2.05) is 6.07 Å². The maximum atomic E-state index is 6.41. The summed E-state index contributed by atoms with van der Waals surface area (Å²) < 4.78 is 8.82. The van der Waals surface area contributed by atoms with Gasteiger partial charge >= 0.3 is 0 Å². The van der Waals surface area contributed by atoms with Crippen LogP contribution < -0.4 is 4.90 Å². The van der Waals surface area contributed by atoms with Gasteiger partial charge in [-0.2, -0.15) is 0 Å². The summed E-state index contributed by atoms with van der Waals surface area (Å²) in [5, 5.41) is 4.62. The Morgan fingerprint density at radius 1 is 0.397 bits per heavy atom. The van der Waals surface area contributed by atoms with E-state index >= 15 is 0 Å². The molecule has 9 aromatic carbocycles. The highest BCUT2D eigenvalue weighted by molar-refractivity contribution is 6.18. The molecule has 0 bridgehead atoms. The fraction of sp³-hybridized carbons (Fsp3) is 0.0182. The summed E-state index contributed by atoms with van der Waals surface area (Å²) in [5.41, 5.74) is 18.6. The fourth-order valence-corrected chi connectivity index (χ4v) is 10.6. The zero-order valence-electron chi connectivity index (χ0n) is 31.4. The summed E-state index contributed by atoms with van der Waals surface area (Å²) in [5.74, 6) is 0. The number of rotatable bonds is 4. The lowest BCUT2D eigenvalue weighted by molar-refractivity contribution is 0.669. The number of para-hydroxylation sites is 3. The van der Waals surface area contributed by atoms with Crippen LogP contribution in [0.2, 0.25) is 0 Å². The number of aromatic nitrogens is 1. The molecule has 0 saturated carbocycles. The van der Waals surface area contributed by atoms with Crippen LogP contribution >= 0.6 is 0 Å². The second-order valence-corrected chi connectivity index (χ2v) is 15.6. The number of hydrogen-bond donors (Lipinski definition) is 0. The first kappa shape index (κ1) is 31.6. The maximum absolute atomic E-state index is 6.41. The minimum Gasteiger partial charge on any atom is -0.456 e. The van der Waals surface area contributed by atoms with Gasteiger partial charge in [-0.1, -0.05) is 146 Å². The third kappa shape index (κ3) is 4.02. The van der Waals surface area contributed by atoms with Crippen LogP contribution in [0, 0.1) is 0 Å². The lowest BCUT2D eigenvalue weighted by atomic mass is 9.70. The molecule has 11 aromatic rings. The highest BCUT2D eigenvalue weighted by Gasteiger charge is 2.52. The van der Waals surface area contributed by atoms with E-state index in [9.17, 15) is 0 Å². The molecule has 0 fully saturated rings. The summed E-state index contributed by atoms with van der Waals surface area (Å²) in [4.78, 5) is 2.52. The van der Waals surface area contributed by atoms with Gasteiger partial charge in [-0.15, -0.1) is 0 Å². The minimum absolute atomic E-state index is 0.457. The molecule has 1 spiro atoms. The quantitative estimate of drug-likeness (QED) is 0.179. The third-order valence-electron chi connectivity index (χ3n) is 12.8. The summed E-state index contributed by atoms with van der Waals surface area (Å²) in [6.45, 7) is 0. The molecule has 2 aliphatic rings. The van der Waals surface area contributed by atoms with Crippen LogP contribution in [0.25, 0.3) is 71.7 Å². The Morgan fingerprint density at radius 3 is 1.76 bits per heavy atom. The molecule has 270 valence electrons. The van der Waals surface area contributed by atoms with Gasteiger partial charge in [0, 0.05) is 38.5 Å². The van der Waals surface area contributed by atoms with Crippen LogP contribution in [0.5, 0.6) is 0 Å². The van der Waals surface area contributed by atoms with Crippen LogP contribution in [0.15, 0.2) is 211 Å². The molecule has 3 nitrogen and oxygen atoms in total. The first-order valence-corrected chi connectivity index (χ1v) is 20.0. The van der Waals surface area contributed by atoms with E-state index in [2.05, 4.69) is 210 Å². The van der Waals surface area contributed by atoms with Crippen LogP contribution in [0.3, 0.4) is 0 Å². The van der Waals surface area contributed by atoms with Crippen molar-refractivity contribution in [2.24, 2.45) is 0 Å². The van der Waals surface area contributed by atoms with E-state index < -0.39 is 5.41 Å². The SMILES string of the molecule is c1ccc(-n2c3ccccc3c3c(N(c4ccc5oc6ccccc6c5c4)c4cccc5c4-c4ccccc4C54c5ccccc5-c5ccccc54)cccc32)cc1. The molecular formula is C55H34N2O. The summed E-state index contributed by atoms with van der Waals surface area (Å²) in [6, 6.07) is 75.6. The monoisotopic (exact) mass is 738 g/mol. The molecule has 2 aliphatic carbocycles. The van der Waals surface area contributed by atoms with Gasteiger partial charge in [-0.25, -0.2) is 0 Å². The minimum atomic E-state index is -0.457. The predicted molar refractivity (Wildman–Crippen MR) is 239 cm³/mol. The van der Waals surface area contributed by atoms with Crippen molar-refractivity contribution >= 4 is 60.8 Å². The summed E-state index contributed by atoms with van der Waals surface area (Å²) >= 11 is 0. The fourth-order valence-electron chi connectivity index (χ4n) is 10.6. The maximum Gasteiger partial charge on any atom is 0.135 e. The molecule has 0 atom stereocenters. The van der Waals surface area contributed by atoms with Crippen LogP contribution in [-0.2, 0) is 5.41 Å². The normalized spacial score (nSPS) is 13.3. The number of hydrogen-bond acceptors (Lipinski definition) is 2. The van der Waals surface area contributed by atoms with Crippen molar-refractivity contribution in [2.75, 3.05) is 4.90 Å². The zero-order valence-corrected chi connectivity index (χ0v) is 31.4. The lowest BCUT2D eigenvalue weighted by Crippen LogP contribution is -2.26. The number of benzene rings is 9. The molecule has 0 amide bonds. The highest BCUT2D eigenvalue weighted by Crippen LogP contribution is 2.65. The smallest absolute Gasteiger partial charge is 0.135 e. The van der Waals surface area contributed by atoms with Gasteiger partial charge in [0.25, 0.3) is 0 Å². The Balaban J connectivity index is 1.17. The topological polar surface area (TPSA) is 21.3 Å². The molecule has 0 radical (unpaired) electrons. The van der Waals surface area contributed by atoms with Crippen LogP contribution in [-0.4, -0.2) is 4.57 Å². The van der Waals surface area contributed by atoms with E-state index in [1.54, 1.807) is 0 Å². The van der Waals surface area contributed by atoms with E-state index in [-0.39, 0.29) is 0 Å². The first-order chi connectivity index (χ1) is 28.8. The van der Waals surface area contributed by atoms with E-state index in [0.717, 1.165) is 50.2 Å². The molecular weight excluding hydrogens is 705 g/mol. The first-order valence-electron chi connectivity index (χ1n) is 20.0. The van der Waals surface area contributed by atoms with Crippen molar-refractivity contribution in [2.45, 2.75) is 5.41 Å². The van der Waals surface area contributed by atoms with Gasteiger partial charge in [0.15, 0.2) is 0 Å². The Bertz CT molecular complexity index is 3430. The van der Waals surface area contributed by atoms with Gasteiger partial charge in [-0.05, 0) is 99.6 Å². The number of furan rings is 1. The molecule has 2 aromatic heterocycles. The Kier molecular flexibility index (Phi) is 6.37. The van der Waals surface area contributed by atoms with Crippen molar-refractivity contribution < 1.29 is 4.42 Å².